The monoisotopic (exact) mass is 351 g/mol. The van der Waals surface area contributed by atoms with Crippen molar-refractivity contribution in [1.82, 2.24) is 5.32 Å². The van der Waals surface area contributed by atoms with Gasteiger partial charge in [0, 0.05) is 0 Å². The fourth-order valence-corrected chi connectivity index (χ4v) is 3.85. The third-order valence-electron chi connectivity index (χ3n) is 4.92. The van der Waals surface area contributed by atoms with E-state index in [2.05, 4.69) is 17.4 Å². The third kappa shape index (κ3) is 3.96. The highest BCUT2D eigenvalue weighted by Crippen LogP contribution is 2.29. The van der Waals surface area contributed by atoms with Crippen LogP contribution in [0.1, 0.15) is 57.1 Å². The van der Waals surface area contributed by atoms with E-state index in [1.54, 1.807) is 0 Å². The minimum absolute atomic E-state index is 0.00556. The molecule has 0 bridgehead atoms. The average molecular weight is 351 g/mol. The van der Waals surface area contributed by atoms with E-state index >= 15 is 0 Å². The lowest BCUT2D eigenvalue weighted by atomic mass is 9.88. The molecule has 0 aliphatic heterocycles. The Bertz CT molecular complexity index is 818. The topological polar surface area (TPSA) is 55.4 Å². The Balaban J connectivity index is 1.61. The standard InChI is InChI=1S/C22H25NO3/c1-14-11-15(2)21(16(3)12-14)22(25)26-13-20(24)23-19-10-6-8-17-7-4-5-9-18(17)19/h4-5,7,9,11-12,19H,6,8,10,13H2,1-3H3,(H,23,24)/t19-/m0/s1. The maximum absolute atomic E-state index is 12.4. The van der Waals surface area contributed by atoms with Gasteiger partial charge in [0.2, 0.25) is 0 Å². The molecular weight excluding hydrogens is 326 g/mol. The van der Waals surface area contributed by atoms with Crippen LogP contribution in [-0.4, -0.2) is 18.5 Å². The van der Waals surface area contributed by atoms with E-state index in [0.29, 0.717) is 5.56 Å². The molecule has 0 radical (unpaired) electrons. The normalized spacial score (nSPS) is 15.9. The van der Waals surface area contributed by atoms with Gasteiger partial charge in [0.05, 0.1) is 11.6 Å². The lowest BCUT2D eigenvalue weighted by molar-refractivity contribution is -0.125. The Hall–Kier alpha value is -2.62. The number of ether oxygens (including phenoxy) is 1. The van der Waals surface area contributed by atoms with E-state index in [0.717, 1.165) is 36.0 Å². The van der Waals surface area contributed by atoms with E-state index < -0.39 is 5.97 Å². The van der Waals surface area contributed by atoms with Gasteiger partial charge in [-0.2, -0.15) is 0 Å². The summed E-state index contributed by atoms with van der Waals surface area (Å²) in [6.07, 6.45) is 3.00. The Morgan fingerprint density at radius 2 is 1.81 bits per heavy atom. The van der Waals surface area contributed by atoms with Crippen molar-refractivity contribution in [2.24, 2.45) is 0 Å². The number of aryl methyl sites for hydroxylation is 4. The van der Waals surface area contributed by atoms with Crippen LogP contribution in [-0.2, 0) is 16.0 Å². The first-order valence-electron chi connectivity index (χ1n) is 9.08. The Labute approximate surface area is 154 Å². The molecule has 3 rings (SSSR count). The van der Waals surface area contributed by atoms with Crippen LogP contribution in [0.2, 0.25) is 0 Å². The third-order valence-corrected chi connectivity index (χ3v) is 4.92. The van der Waals surface area contributed by atoms with Crippen molar-refractivity contribution in [3.8, 4) is 0 Å². The van der Waals surface area contributed by atoms with Gasteiger partial charge in [-0.3, -0.25) is 4.79 Å². The molecule has 4 nitrogen and oxygen atoms in total. The van der Waals surface area contributed by atoms with Crippen molar-refractivity contribution in [2.45, 2.75) is 46.1 Å². The predicted molar refractivity (Wildman–Crippen MR) is 101 cm³/mol. The lowest BCUT2D eigenvalue weighted by Gasteiger charge is -2.26. The number of rotatable bonds is 4. The minimum Gasteiger partial charge on any atom is -0.452 e. The second-order valence-corrected chi connectivity index (χ2v) is 7.06. The maximum atomic E-state index is 12.4. The molecular formula is C22H25NO3. The number of fused-ring (bicyclic) bond motifs is 1. The van der Waals surface area contributed by atoms with Gasteiger partial charge in [-0.25, -0.2) is 4.79 Å². The Morgan fingerprint density at radius 1 is 1.12 bits per heavy atom. The fraction of sp³-hybridized carbons (Fsp3) is 0.364. The van der Waals surface area contributed by atoms with Crippen LogP contribution < -0.4 is 5.32 Å². The summed E-state index contributed by atoms with van der Waals surface area (Å²) in [5, 5.41) is 3.00. The van der Waals surface area contributed by atoms with Crippen LogP contribution in [0.3, 0.4) is 0 Å². The van der Waals surface area contributed by atoms with Gasteiger partial charge in [0.15, 0.2) is 6.61 Å². The molecule has 0 saturated carbocycles. The molecule has 0 spiro atoms. The predicted octanol–water partition coefficient (Wildman–Crippen LogP) is 3.96. The highest BCUT2D eigenvalue weighted by molar-refractivity contribution is 5.94. The Kier molecular flexibility index (Phi) is 5.40. The van der Waals surface area contributed by atoms with E-state index in [4.69, 9.17) is 4.74 Å². The van der Waals surface area contributed by atoms with E-state index in [1.807, 2.05) is 45.0 Å². The summed E-state index contributed by atoms with van der Waals surface area (Å²) in [6, 6.07) is 12.1. The quantitative estimate of drug-likeness (QED) is 0.848. The first-order chi connectivity index (χ1) is 12.5. The molecule has 0 fully saturated rings. The number of amides is 1. The summed E-state index contributed by atoms with van der Waals surface area (Å²) < 4.78 is 5.27. The molecule has 0 heterocycles. The second kappa shape index (κ2) is 7.73. The Morgan fingerprint density at radius 3 is 2.54 bits per heavy atom. The van der Waals surface area contributed by atoms with Crippen LogP contribution in [0, 0.1) is 20.8 Å². The van der Waals surface area contributed by atoms with Crippen LogP contribution in [0.25, 0.3) is 0 Å². The smallest absolute Gasteiger partial charge is 0.339 e. The largest absolute Gasteiger partial charge is 0.452 e. The minimum atomic E-state index is -0.445. The van der Waals surface area contributed by atoms with Crippen molar-refractivity contribution >= 4 is 11.9 Å². The highest BCUT2D eigenvalue weighted by atomic mass is 16.5. The molecule has 136 valence electrons. The molecule has 1 aliphatic carbocycles. The molecule has 4 heteroatoms. The molecule has 0 unspecified atom stereocenters. The van der Waals surface area contributed by atoms with Crippen LogP contribution in [0.4, 0.5) is 0 Å². The van der Waals surface area contributed by atoms with Crippen molar-refractivity contribution in [1.29, 1.82) is 0 Å². The zero-order valence-corrected chi connectivity index (χ0v) is 15.6. The van der Waals surface area contributed by atoms with E-state index in [-0.39, 0.29) is 18.6 Å². The van der Waals surface area contributed by atoms with Crippen molar-refractivity contribution in [3.05, 3.63) is 69.8 Å². The van der Waals surface area contributed by atoms with Gasteiger partial charge in [-0.1, -0.05) is 42.0 Å². The lowest BCUT2D eigenvalue weighted by Crippen LogP contribution is -2.34. The summed E-state index contributed by atoms with van der Waals surface area (Å²) in [5.41, 5.74) is 5.84. The van der Waals surface area contributed by atoms with E-state index in [9.17, 15) is 9.59 Å². The molecule has 2 aromatic rings. The number of carbonyl (C=O) groups is 2. The van der Waals surface area contributed by atoms with Crippen molar-refractivity contribution < 1.29 is 14.3 Å². The summed E-state index contributed by atoms with van der Waals surface area (Å²) >= 11 is 0. The van der Waals surface area contributed by atoms with Crippen molar-refractivity contribution in [2.75, 3.05) is 6.61 Å². The number of nitrogens with one attached hydrogen (secondary N) is 1. The van der Waals surface area contributed by atoms with Gasteiger partial charge in [0.25, 0.3) is 5.91 Å². The van der Waals surface area contributed by atoms with E-state index in [1.165, 1.54) is 11.1 Å². The molecule has 0 aromatic heterocycles. The number of benzene rings is 2. The van der Waals surface area contributed by atoms with Gasteiger partial charge in [-0.05, 0) is 62.3 Å². The molecule has 1 amide bonds. The van der Waals surface area contributed by atoms with Gasteiger partial charge >= 0.3 is 5.97 Å². The molecule has 26 heavy (non-hydrogen) atoms. The molecule has 0 saturated heterocycles. The molecule has 1 atom stereocenters. The van der Waals surface area contributed by atoms with Crippen LogP contribution in [0.5, 0.6) is 0 Å². The SMILES string of the molecule is Cc1cc(C)c(C(=O)OCC(=O)N[C@H]2CCCc3ccccc32)c(C)c1. The van der Waals surface area contributed by atoms with Crippen LogP contribution >= 0.6 is 0 Å². The van der Waals surface area contributed by atoms with Crippen LogP contribution in [0.15, 0.2) is 36.4 Å². The zero-order chi connectivity index (χ0) is 18.7. The fourth-order valence-electron chi connectivity index (χ4n) is 3.85. The van der Waals surface area contributed by atoms with Gasteiger partial charge in [-0.15, -0.1) is 0 Å². The first-order valence-corrected chi connectivity index (χ1v) is 9.08. The van der Waals surface area contributed by atoms with Crippen molar-refractivity contribution in [3.63, 3.8) is 0 Å². The first kappa shape index (κ1) is 18.2. The molecule has 1 aliphatic rings. The maximum Gasteiger partial charge on any atom is 0.339 e. The zero-order valence-electron chi connectivity index (χ0n) is 15.6. The van der Waals surface area contributed by atoms with Gasteiger partial charge < -0.3 is 10.1 Å². The molecule has 1 N–H and O–H groups in total. The number of esters is 1. The summed E-state index contributed by atoms with van der Waals surface area (Å²) in [5.74, 6) is -0.707. The summed E-state index contributed by atoms with van der Waals surface area (Å²) in [4.78, 5) is 24.7. The molecule has 2 aromatic carbocycles. The number of carbonyl (C=O) groups excluding carboxylic acids is 2. The van der Waals surface area contributed by atoms with Gasteiger partial charge in [0.1, 0.15) is 0 Å². The highest BCUT2D eigenvalue weighted by Gasteiger charge is 2.22. The summed E-state index contributed by atoms with van der Waals surface area (Å²) in [7, 11) is 0. The number of hydrogen-bond donors (Lipinski definition) is 1. The summed E-state index contributed by atoms with van der Waals surface area (Å²) in [6.45, 7) is 5.50. The number of hydrogen-bond acceptors (Lipinski definition) is 3. The second-order valence-electron chi connectivity index (χ2n) is 7.06. The average Bonchev–Trinajstić information content (AvgIpc) is 2.59.